The first kappa shape index (κ1) is 81.8. The smallest absolute Gasteiger partial charge is 0.145 e. The van der Waals surface area contributed by atoms with E-state index < -0.39 is 0 Å². The predicted molar refractivity (Wildman–Crippen MR) is 584 cm³/mol. The quantitative estimate of drug-likeness (QED) is 0.102. The van der Waals surface area contributed by atoms with Crippen molar-refractivity contribution >= 4 is 180 Å². The standard InChI is InChI=1S/C48H32N2O.C45H34N2.C36H23NS2/c1-4-12-33(13-5-1)34-20-22-35(23-21-34)36-24-26-39(27-25-36)49(37-14-6-2-7-15-37)40-28-30-44-43(32-40)47-45(50(44)38-16-8-3-9-17-38)31-29-42-41-18-10-11-19-46(41)51-48(42)47;1-45(2)41-27-24-32(31-22-25-36(26-23-31)46(33-14-6-3-7-15-33)34-16-8-4-9-17-34)28-38(41)39-29-40-37-20-12-13-21-43(37)47(44(40)30-42(39)45)35-18-10-5-11-19-35;1-3-9-24(10-4-1)25-15-17-27(18-16-25)37(26-11-5-2-6-12-26)28-19-20-30-32-22-31-29-13-7-8-14-33(29)38-35(31)23-36(32)39-34(30)21-28/h1-32H;3-30H,1-2H3;1-23H. The average Bonchev–Trinajstić information content (AvgIpc) is 1.55. The third-order valence-electron chi connectivity index (χ3n) is 27.4. The molecule has 26 aromatic rings. The molecular formula is C129H89N5OS2. The van der Waals surface area contributed by atoms with Crippen LogP contribution in [0.2, 0.25) is 0 Å². The van der Waals surface area contributed by atoms with Crippen LogP contribution < -0.4 is 14.7 Å². The molecule has 1 aliphatic carbocycles. The molecule has 0 saturated carbocycles. The van der Waals surface area contributed by atoms with Crippen molar-refractivity contribution in [2.24, 2.45) is 0 Å². The molecule has 0 atom stereocenters. The summed E-state index contributed by atoms with van der Waals surface area (Å²) < 4.78 is 16.8. The minimum Gasteiger partial charge on any atom is -0.455 e. The molecule has 8 heteroatoms. The van der Waals surface area contributed by atoms with E-state index in [4.69, 9.17) is 4.42 Å². The molecule has 21 aromatic carbocycles. The molecule has 1 aliphatic rings. The van der Waals surface area contributed by atoms with Crippen molar-refractivity contribution in [1.82, 2.24) is 9.13 Å². The number of anilines is 9. The van der Waals surface area contributed by atoms with E-state index in [9.17, 15) is 0 Å². The largest absolute Gasteiger partial charge is 0.455 e. The summed E-state index contributed by atoms with van der Waals surface area (Å²) in [5.41, 5.74) is 34.1. The summed E-state index contributed by atoms with van der Waals surface area (Å²) in [6, 6.07) is 181. The van der Waals surface area contributed by atoms with E-state index in [1.165, 1.54) is 140 Å². The molecule has 5 heterocycles. The Bertz CT molecular complexity index is 8950. The highest BCUT2D eigenvalue weighted by Gasteiger charge is 2.37. The molecular weight excluding hydrogens is 1700 g/mol. The molecule has 0 N–H and O–H groups in total. The van der Waals surface area contributed by atoms with Gasteiger partial charge in [-0.25, -0.2) is 0 Å². The summed E-state index contributed by atoms with van der Waals surface area (Å²) in [6.45, 7) is 4.74. The number of thiophene rings is 2. The Morgan fingerprint density at radius 2 is 0.562 bits per heavy atom. The number of fused-ring (bicyclic) bond motifs is 19. The van der Waals surface area contributed by atoms with E-state index in [2.05, 4.69) is 535 Å². The molecule has 0 saturated heterocycles. The number of aromatic nitrogens is 2. The fraction of sp³-hybridized carbons (Fsp3) is 0.0233. The van der Waals surface area contributed by atoms with Gasteiger partial charge in [0.2, 0.25) is 0 Å². The normalized spacial score (nSPS) is 12.1. The first-order valence-corrected chi connectivity index (χ1v) is 48.4. The lowest BCUT2D eigenvalue weighted by molar-refractivity contribution is 0.661. The van der Waals surface area contributed by atoms with Crippen molar-refractivity contribution < 1.29 is 4.42 Å². The van der Waals surface area contributed by atoms with E-state index in [0.717, 1.165) is 94.9 Å². The summed E-state index contributed by atoms with van der Waals surface area (Å²) in [5.74, 6) is 0. The lowest BCUT2D eigenvalue weighted by Gasteiger charge is -2.26. The van der Waals surface area contributed by atoms with Crippen LogP contribution in [0, 0.1) is 0 Å². The lowest BCUT2D eigenvalue weighted by atomic mass is 9.82. The van der Waals surface area contributed by atoms with Crippen LogP contribution in [0.1, 0.15) is 25.0 Å². The van der Waals surface area contributed by atoms with E-state index in [0.29, 0.717) is 0 Å². The van der Waals surface area contributed by atoms with Crippen molar-refractivity contribution in [1.29, 1.82) is 0 Å². The maximum atomic E-state index is 6.65. The van der Waals surface area contributed by atoms with Crippen molar-refractivity contribution in [3.05, 3.63) is 515 Å². The van der Waals surface area contributed by atoms with Crippen LogP contribution in [-0.2, 0) is 5.41 Å². The van der Waals surface area contributed by atoms with Gasteiger partial charge >= 0.3 is 0 Å². The van der Waals surface area contributed by atoms with Crippen LogP contribution in [0.4, 0.5) is 51.2 Å². The van der Waals surface area contributed by atoms with Crippen molar-refractivity contribution in [3.8, 4) is 67.0 Å². The Morgan fingerprint density at radius 1 is 0.204 bits per heavy atom. The minimum atomic E-state index is -0.106. The van der Waals surface area contributed by atoms with Gasteiger partial charge in [0, 0.05) is 135 Å². The first-order chi connectivity index (χ1) is 67.7. The second kappa shape index (κ2) is 34.5. The maximum Gasteiger partial charge on any atom is 0.145 e. The highest BCUT2D eigenvalue weighted by atomic mass is 32.1. The van der Waals surface area contributed by atoms with E-state index in [1.54, 1.807) is 0 Å². The fourth-order valence-corrected chi connectivity index (χ4v) is 23.2. The average molecular weight is 1790 g/mol. The monoisotopic (exact) mass is 1790 g/mol. The van der Waals surface area contributed by atoms with Gasteiger partial charge < -0.3 is 28.3 Å². The molecule has 5 aromatic heterocycles. The van der Waals surface area contributed by atoms with Gasteiger partial charge in [0.05, 0.1) is 27.5 Å². The summed E-state index contributed by atoms with van der Waals surface area (Å²) in [4.78, 5) is 7.00. The Labute approximate surface area is 802 Å². The van der Waals surface area contributed by atoms with Crippen LogP contribution in [0.15, 0.2) is 508 Å². The van der Waals surface area contributed by atoms with E-state index in [-0.39, 0.29) is 5.41 Å². The van der Waals surface area contributed by atoms with Gasteiger partial charge in [0.25, 0.3) is 0 Å². The Balaban J connectivity index is 0.000000110. The fourth-order valence-electron chi connectivity index (χ4n) is 20.8. The van der Waals surface area contributed by atoms with E-state index >= 15 is 0 Å². The molecule has 6 nitrogen and oxygen atoms in total. The van der Waals surface area contributed by atoms with Crippen LogP contribution in [0.5, 0.6) is 0 Å². The zero-order chi connectivity index (χ0) is 91.0. The topological polar surface area (TPSA) is 32.7 Å². The van der Waals surface area contributed by atoms with Crippen molar-refractivity contribution in [3.63, 3.8) is 0 Å². The number of benzene rings is 21. The van der Waals surface area contributed by atoms with Gasteiger partial charge in [-0.2, -0.15) is 0 Å². The molecule has 648 valence electrons. The third-order valence-corrected chi connectivity index (χ3v) is 29.7. The molecule has 137 heavy (non-hydrogen) atoms. The second-order valence-corrected chi connectivity index (χ2v) is 38.0. The molecule has 27 rings (SSSR count). The van der Waals surface area contributed by atoms with Gasteiger partial charge in [-0.3, -0.25) is 0 Å². The van der Waals surface area contributed by atoms with Gasteiger partial charge in [0.1, 0.15) is 11.2 Å². The zero-order valence-corrected chi connectivity index (χ0v) is 77.0. The van der Waals surface area contributed by atoms with Crippen molar-refractivity contribution in [2.45, 2.75) is 19.3 Å². The number of furan rings is 1. The molecule has 0 radical (unpaired) electrons. The van der Waals surface area contributed by atoms with Crippen molar-refractivity contribution in [2.75, 3.05) is 14.7 Å². The SMILES string of the molecule is CC1(C)c2ccc(-c3ccc(N(c4ccccc4)c4ccccc4)cc3)cc2-c2cc3c4ccccc4n(-c4ccccc4)c3cc21.c1ccc(-c2ccc(-c3ccc(N(c4ccccc4)c4ccc5c(c4)c4c6oc7ccccc7c6ccc4n5-c4ccccc4)cc3)cc2)cc1.c1ccc(-c2ccc(N(c3ccccc3)c3ccc4c(c3)sc3cc5sc6ccccc6c5cc34)cc2)cc1. The van der Waals surface area contributed by atoms with Crippen LogP contribution in [0.25, 0.3) is 173 Å². The molecule has 0 bridgehead atoms. The zero-order valence-electron chi connectivity index (χ0n) is 75.4. The van der Waals surface area contributed by atoms with Crippen LogP contribution in [0.3, 0.4) is 0 Å². The maximum absolute atomic E-state index is 6.65. The summed E-state index contributed by atoms with van der Waals surface area (Å²) in [7, 11) is 0. The Hall–Kier alpha value is -17.1. The molecule has 0 fully saturated rings. The highest BCUT2D eigenvalue weighted by molar-refractivity contribution is 7.28. The minimum absolute atomic E-state index is 0.106. The summed E-state index contributed by atoms with van der Waals surface area (Å²) in [6.07, 6.45) is 0. The van der Waals surface area contributed by atoms with Gasteiger partial charge in [-0.1, -0.05) is 317 Å². The molecule has 0 aliphatic heterocycles. The van der Waals surface area contributed by atoms with Gasteiger partial charge in [-0.05, 0) is 267 Å². The lowest BCUT2D eigenvalue weighted by Crippen LogP contribution is -2.15. The van der Waals surface area contributed by atoms with E-state index in [1.807, 2.05) is 28.7 Å². The Morgan fingerprint density at radius 3 is 1.10 bits per heavy atom. The Kier molecular flexibility index (Phi) is 20.6. The number of hydrogen-bond donors (Lipinski definition) is 0. The van der Waals surface area contributed by atoms with Crippen LogP contribution in [-0.4, -0.2) is 9.13 Å². The molecule has 0 spiro atoms. The molecule has 0 amide bonds. The molecule has 0 unspecified atom stereocenters. The van der Waals surface area contributed by atoms with Crippen LogP contribution >= 0.6 is 22.7 Å². The summed E-state index contributed by atoms with van der Waals surface area (Å²) >= 11 is 3.78. The summed E-state index contributed by atoms with van der Waals surface area (Å²) in [5, 5.41) is 12.5. The number of para-hydroxylation sites is 8. The third kappa shape index (κ3) is 14.7. The van der Waals surface area contributed by atoms with Gasteiger partial charge in [-0.15, -0.1) is 22.7 Å². The number of nitrogens with zero attached hydrogens (tertiary/aromatic N) is 5. The van der Waals surface area contributed by atoms with Gasteiger partial charge in [0.15, 0.2) is 0 Å². The second-order valence-electron chi connectivity index (χ2n) is 35.8. The number of rotatable bonds is 15. The highest BCUT2D eigenvalue weighted by Crippen LogP contribution is 2.54. The first-order valence-electron chi connectivity index (χ1n) is 46.8. The number of hydrogen-bond acceptors (Lipinski definition) is 6. The predicted octanol–water partition coefficient (Wildman–Crippen LogP) is 37.3.